The standard InChI is InChI=1S/C19H24N4O3/c1-2-17(24)22-10-4-6-14(13-22)18(25)21-15-7-3-8-16(12-15)23-11-5-9-20-19(23)26/h2-3,7-8,12,14H,1,4-6,9-11,13H2,(H,20,26)(H,21,25). The van der Waals surface area contributed by atoms with Crippen molar-refractivity contribution in [1.82, 2.24) is 10.2 Å². The molecule has 2 fully saturated rings. The predicted octanol–water partition coefficient (Wildman–Crippen LogP) is 1.97. The molecule has 7 heteroatoms. The van der Waals surface area contributed by atoms with Gasteiger partial charge in [0.1, 0.15) is 0 Å². The second-order valence-corrected chi connectivity index (χ2v) is 6.60. The molecule has 1 unspecified atom stereocenters. The molecule has 0 aromatic heterocycles. The van der Waals surface area contributed by atoms with Crippen molar-refractivity contribution in [2.45, 2.75) is 19.3 Å². The zero-order valence-electron chi connectivity index (χ0n) is 14.7. The van der Waals surface area contributed by atoms with E-state index in [1.807, 2.05) is 12.1 Å². The largest absolute Gasteiger partial charge is 0.338 e. The first-order valence-electron chi connectivity index (χ1n) is 8.96. The molecule has 2 heterocycles. The summed E-state index contributed by atoms with van der Waals surface area (Å²) in [6.45, 7) is 5.92. The Hall–Kier alpha value is -2.83. The van der Waals surface area contributed by atoms with Crippen molar-refractivity contribution in [3.8, 4) is 0 Å². The lowest BCUT2D eigenvalue weighted by Crippen LogP contribution is -2.46. The first-order valence-corrected chi connectivity index (χ1v) is 8.96. The van der Waals surface area contributed by atoms with Gasteiger partial charge in [0.2, 0.25) is 11.8 Å². The molecule has 2 N–H and O–H groups in total. The molecular formula is C19H24N4O3. The predicted molar refractivity (Wildman–Crippen MR) is 99.9 cm³/mol. The summed E-state index contributed by atoms with van der Waals surface area (Å²) in [5.74, 6) is -0.484. The van der Waals surface area contributed by atoms with Gasteiger partial charge in [0.05, 0.1) is 5.92 Å². The molecule has 0 radical (unpaired) electrons. The van der Waals surface area contributed by atoms with Crippen LogP contribution in [0.25, 0.3) is 0 Å². The quantitative estimate of drug-likeness (QED) is 0.809. The average Bonchev–Trinajstić information content (AvgIpc) is 2.68. The van der Waals surface area contributed by atoms with E-state index >= 15 is 0 Å². The lowest BCUT2D eigenvalue weighted by molar-refractivity contribution is -0.130. The van der Waals surface area contributed by atoms with Crippen LogP contribution in [-0.4, -0.2) is 48.9 Å². The van der Waals surface area contributed by atoms with Crippen LogP contribution in [0.1, 0.15) is 19.3 Å². The van der Waals surface area contributed by atoms with Crippen molar-refractivity contribution < 1.29 is 14.4 Å². The van der Waals surface area contributed by atoms with Crippen molar-refractivity contribution >= 4 is 29.2 Å². The molecule has 1 atom stereocenters. The SMILES string of the molecule is C=CC(=O)N1CCCC(C(=O)Nc2cccc(N3CCCNC3=O)c2)C1. The van der Waals surface area contributed by atoms with Gasteiger partial charge in [-0.1, -0.05) is 12.6 Å². The van der Waals surface area contributed by atoms with Crippen LogP contribution in [0.5, 0.6) is 0 Å². The number of carbonyl (C=O) groups excluding carboxylic acids is 3. The van der Waals surface area contributed by atoms with Crippen molar-refractivity contribution in [3.63, 3.8) is 0 Å². The molecule has 2 aliphatic rings. The lowest BCUT2D eigenvalue weighted by Gasteiger charge is -2.31. The van der Waals surface area contributed by atoms with Gasteiger partial charge in [0.25, 0.3) is 0 Å². The van der Waals surface area contributed by atoms with E-state index < -0.39 is 0 Å². The first kappa shape index (κ1) is 18.0. The Labute approximate surface area is 153 Å². The second-order valence-electron chi connectivity index (χ2n) is 6.60. The summed E-state index contributed by atoms with van der Waals surface area (Å²) in [5.41, 5.74) is 1.41. The molecule has 1 aromatic carbocycles. The monoisotopic (exact) mass is 356 g/mol. The summed E-state index contributed by atoms with van der Waals surface area (Å²) < 4.78 is 0. The van der Waals surface area contributed by atoms with Crippen molar-refractivity contribution in [3.05, 3.63) is 36.9 Å². The highest BCUT2D eigenvalue weighted by molar-refractivity contribution is 5.96. The molecule has 7 nitrogen and oxygen atoms in total. The molecular weight excluding hydrogens is 332 g/mol. The highest BCUT2D eigenvalue weighted by atomic mass is 16.2. The highest BCUT2D eigenvalue weighted by Crippen LogP contribution is 2.23. The van der Waals surface area contributed by atoms with Crippen LogP contribution in [0.3, 0.4) is 0 Å². The number of nitrogens with zero attached hydrogens (tertiary/aromatic N) is 2. The number of carbonyl (C=O) groups is 3. The van der Waals surface area contributed by atoms with E-state index in [1.54, 1.807) is 21.9 Å². The fraction of sp³-hybridized carbons (Fsp3) is 0.421. The van der Waals surface area contributed by atoms with E-state index in [2.05, 4.69) is 17.2 Å². The third-order valence-corrected chi connectivity index (χ3v) is 4.78. The summed E-state index contributed by atoms with van der Waals surface area (Å²) in [5, 5.41) is 5.74. The Bertz CT molecular complexity index is 718. The fourth-order valence-corrected chi connectivity index (χ4v) is 3.39. The molecule has 2 saturated heterocycles. The first-order chi connectivity index (χ1) is 12.6. The van der Waals surface area contributed by atoms with Gasteiger partial charge >= 0.3 is 6.03 Å². The van der Waals surface area contributed by atoms with Gasteiger partial charge in [0, 0.05) is 37.6 Å². The maximum absolute atomic E-state index is 12.6. The van der Waals surface area contributed by atoms with Crippen LogP contribution in [0, 0.1) is 5.92 Å². The number of nitrogens with one attached hydrogen (secondary N) is 2. The number of hydrogen-bond donors (Lipinski definition) is 2. The maximum Gasteiger partial charge on any atom is 0.321 e. The number of urea groups is 1. The molecule has 0 spiro atoms. The smallest absolute Gasteiger partial charge is 0.321 e. The van der Waals surface area contributed by atoms with Crippen LogP contribution in [0.15, 0.2) is 36.9 Å². The van der Waals surface area contributed by atoms with Gasteiger partial charge in [-0.05, 0) is 43.5 Å². The van der Waals surface area contributed by atoms with E-state index in [4.69, 9.17) is 0 Å². The Morgan fingerprint density at radius 1 is 1.27 bits per heavy atom. The number of anilines is 2. The molecule has 0 aliphatic carbocycles. The summed E-state index contributed by atoms with van der Waals surface area (Å²) in [6.07, 6.45) is 3.72. The van der Waals surface area contributed by atoms with Gasteiger partial charge in [-0.15, -0.1) is 0 Å². The van der Waals surface area contributed by atoms with Gasteiger partial charge in [-0.2, -0.15) is 0 Å². The van der Waals surface area contributed by atoms with Gasteiger partial charge in [-0.3, -0.25) is 14.5 Å². The number of benzene rings is 1. The van der Waals surface area contributed by atoms with Crippen molar-refractivity contribution in [2.75, 3.05) is 36.4 Å². The summed E-state index contributed by atoms with van der Waals surface area (Å²) in [4.78, 5) is 39.7. The normalized spacial score (nSPS) is 20.3. The third kappa shape index (κ3) is 4.04. The summed E-state index contributed by atoms with van der Waals surface area (Å²) in [6, 6.07) is 7.16. The van der Waals surface area contributed by atoms with Gasteiger partial charge in [-0.25, -0.2) is 4.79 Å². The van der Waals surface area contributed by atoms with Crippen LogP contribution in [0.4, 0.5) is 16.2 Å². The van der Waals surface area contributed by atoms with E-state index in [9.17, 15) is 14.4 Å². The molecule has 0 bridgehead atoms. The van der Waals surface area contributed by atoms with E-state index in [0.717, 1.165) is 24.9 Å². The molecule has 2 aliphatic heterocycles. The van der Waals surface area contributed by atoms with Gasteiger partial charge in [0.15, 0.2) is 0 Å². The van der Waals surface area contributed by atoms with E-state index in [1.165, 1.54) is 6.08 Å². The summed E-state index contributed by atoms with van der Waals surface area (Å²) >= 11 is 0. The molecule has 3 rings (SSSR count). The van der Waals surface area contributed by atoms with Gasteiger partial charge < -0.3 is 15.5 Å². The Morgan fingerprint density at radius 2 is 2.12 bits per heavy atom. The lowest BCUT2D eigenvalue weighted by atomic mass is 9.97. The average molecular weight is 356 g/mol. The second kappa shape index (κ2) is 8.03. The zero-order chi connectivity index (χ0) is 18.5. The van der Waals surface area contributed by atoms with E-state index in [0.29, 0.717) is 31.9 Å². The van der Waals surface area contributed by atoms with E-state index in [-0.39, 0.29) is 23.8 Å². The molecule has 1 aromatic rings. The molecule has 138 valence electrons. The highest BCUT2D eigenvalue weighted by Gasteiger charge is 2.27. The van der Waals surface area contributed by atoms with Crippen molar-refractivity contribution in [2.24, 2.45) is 5.92 Å². The van der Waals surface area contributed by atoms with Crippen LogP contribution < -0.4 is 15.5 Å². The zero-order valence-corrected chi connectivity index (χ0v) is 14.7. The third-order valence-electron chi connectivity index (χ3n) is 4.78. The topological polar surface area (TPSA) is 81.8 Å². The molecule has 0 saturated carbocycles. The Kier molecular flexibility index (Phi) is 5.55. The summed E-state index contributed by atoms with van der Waals surface area (Å²) in [7, 11) is 0. The minimum absolute atomic E-state index is 0.105. The van der Waals surface area contributed by atoms with Crippen LogP contribution >= 0.6 is 0 Å². The van der Waals surface area contributed by atoms with Crippen molar-refractivity contribution in [1.29, 1.82) is 0 Å². The number of amides is 4. The number of piperidine rings is 1. The molecule has 4 amide bonds. The Morgan fingerprint density at radius 3 is 2.88 bits per heavy atom. The Balaban J connectivity index is 1.66. The minimum atomic E-state index is -0.241. The fourth-order valence-electron chi connectivity index (χ4n) is 3.39. The maximum atomic E-state index is 12.6. The molecule has 26 heavy (non-hydrogen) atoms. The number of hydrogen-bond acceptors (Lipinski definition) is 3. The van der Waals surface area contributed by atoms with Crippen LogP contribution in [-0.2, 0) is 9.59 Å². The number of likely N-dealkylation sites (tertiary alicyclic amines) is 1. The van der Waals surface area contributed by atoms with Crippen LogP contribution in [0.2, 0.25) is 0 Å². The number of rotatable bonds is 4. The minimum Gasteiger partial charge on any atom is -0.338 e.